The van der Waals surface area contributed by atoms with Crippen molar-refractivity contribution in [1.29, 1.82) is 0 Å². The van der Waals surface area contributed by atoms with E-state index in [9.17, 15) is 0 Å². The van der Waals surface area contributed by atoms with Crippen LogP contribution in [0.4, 0.5) is 0 Å². The van der Waals surface area contributed by atoms with Gasteiger partial charge in [-0.15, -0.1) is 0 Å². The summed E-state index contributed by atoms with van der Waals surface area (Å²) < 4.78 is 20.3. The van der Waals surface area contributed by atoms with Gasteiger partial charge in [0.25, 0.3) is 0 Å². The van der Waals surface area contributed by atoms with Gasteiger partial charge in [-0.2, -0.15) is 0 Å². The third kappa shape index (κ3) is 6.19. The standard InChI is InChI=1S/C46H36O3/c1-32-25-26-38-41(27-32)45(48-30-34-17-7-3-8-18-34)40-24-14-12-22-37(40)44(38)42-28-43(47-29-33-15-5-2-6-16-33)36-21-11-13-23-39(36)46(42)49-31-35-19-9-4-10-20-35/h2-28H,29-31H2,1H3. The van der Waals surface area contributed by atoms with Crippen LogP contribution in [0.2, 0.25) is 0 Å². The number of benzene rings is 8. The van der Waals surface area contributed by atoms with E-state index < -0.39 is 0 Å². The Kier molecular flexibility index (Phi) is 8.39. The van der Waals surface area contributed by atoms with E-state index in [-0.39, 0.29) is 0 Å². The first-order chi connectivity index (χ1) is 24.2. The van der Waals surface area contributed by atoms with Crippen molar-refractivity contribution in [2.75, 3.05) is 0 Å². The number of fused-ring (bicyclic) bond motifs is 3. The van der Waals surface area contributed by atoms with Gasteiger partial charge in [-0.3, -0.25) is 0 Å². The predicted octanol–water partition coefficient (Wildman–Crippen LogP) is 11.9. The van der Waals surface area contributed by atoms with Gasteiger partial charge in [0.15, 0.2) is 0 Å². The highest BCUT2D eigenvalue weighted by atomic mass is 16.5. The van der Waals surface area contributed by atoms with Crippen molar-refractivity contribution in [3.05, 3.63) is 186 Å². The van der Waals surface area contributed by atoms with Crippen molar-refractivity contribution in [1.82, 2.24) is 0 Å². The van der Waals surface area contributed by atoms with Crippen LogP contribution in [0.5, 0.6) is 17.2 Å². The van der Waals surface area contributed by atoms with Gasteiger partial charge in [0.1, 0.15) is 37.1 Å². The maximum absolute atomic E-state index is 6.88. The molecule has 0 radical (unpaired) electrons. The van der Waals surface area contributed by atoms with Crippen LogP contribution < -0.4 is 14.2 Å². The van der Waals surface area contributed by atoms with E-state index in [0.717, 1.165) is 77.4 Å². The molecule has 0 bridgehead atoms. The Balaban J connectivity index is 1.37. The predicted molar refractivity (Wildman–Crippen MR) is 201 cm³/mol. The molecule has 0 aliphatic rings. The minimum absolute atomic E-state index is 0.440. The molecular formula is C46H36O3. The van der Waals surface area contributed by atoms with Gasteiger partial charge in [-0.1, -0.05) is 157 Å². The molecule has 0 N–H and O–H groups in total. The molecule has 3 heteroatoms. The molecule has 0 aliphatic heterocycles. The normalized spacial score (nSPS) is 11.2. The van der Waals surface area contributed by atoms with Gasteiger partial charge in [0.2, 0.25) is 0 Å². The molecule has 0 saturated carbocycles. The summed E-state index contributed by atoms with van der Waals surface area (Å²) in [7, 11) is 0. The Morgan fingerprint density at radius 2 is 0.816 bits per heavy atom. The summed E-state index contributed by atoms with van der Waals surface area (Å²) in [6.45, 7) is 3.51. The largest absolute Gasteiger partial charge is 0.488 e. The molecule has 0 unspecified atom stereocenters. The number of rotatable bonds is 10. The highest BCUT2D eigenvalue weighted by Gasteiger charge is 2.23. The molecule has 0 saturated heterocycles. The lowest BCUT2D eigenvalue weighted by atomic mass is 9.88. The van der Waals surface area contributed by atoms with Crippen LogP contribution in [0.15, 0.2) is 164 Å². The van der Waals surface area contributed by atoms with Crippen LogP contribution in [0.1, 0.15) is 22.3 Å². The second kappa shape index (κ2) is 13.6. The number of hydrogen-bond acceptors (Lipinski definition) is 3. The summed E-state index contributed by atoms with van der Waals surface area (Å²) in [5.74, 6) is 2.53. The molecule has 0 atom stereocenters. The summed E-state index contributed by atoms with van der Waals surface area (Å²) in [4.78, 5) is 0. The highest BCUT2D eigenvalue weighted by Crippen LogP contribution is 2.50. The molecule has 238 valence electrons. The minimum Gasteiger partial charge on any atom is -0.488 e. The summed E-state index contributed by atoms with van der Waals surface area (Å²) >= 11 is 0. The third-order valence-corrected chi connectivity index (χ3v) is 9.05. The first-order valence-electron chi connectivity index (χ1n) is 16.7. The second-order valence-electron chi connectivity index (χ2n) is 12.4. The molecule has 0 aliphatic carbocycles. The van der Waals surface area contributed by atoms with Crippen molar-refractivity contribution in [3.8, 4) is 28.4 Å². The fourth-order valence-electron chi connectivity index (χ4n) is 6.67. The fourth-order valence-corrected chi connectivity index (χ4v) is 6.67. The average Bonchev–Trinajstić information content (AvgIpc) is 3.16. The molecule has 3 nitrogen and oxygen atoms in total. The van der Waals surface area contributed by atoms with E-state index in [1.807, 2.05) is 30.3 Å². The molecule has 8 aromatic rings. The minimum atomic E-state index is 0.440. The van der Waals surface area contributed by atoms with Gasteiger partial charge in [-0.25, -0.2) is 0 Å². The van der Waals surface area contributed by atoms with Gasteiger partial charge in [-0.05, 0) is 46.5 Å². The van der Waals surface area contributed by atoms with Crippen molar-refractivity contribution < 1.29 is 14.2 Å². The van der Waals surface area contributed by atoms with Crippen LogP contribution in [-0.4, -0.2) is 0 Å². The lowest BCUT2D eigenvalue weighted by Crippen LogP contribution is -2.02. The van der Waals surface area contributed by atoms with Gasteiger partial charge >= 0.3 is 0 Å². The SMILES string of the molecule is Cc1ccc2c(-c3cc(OCc4ccccc4)c4ccccc4c3OCc3ccccc3)c3ccccc3c(OCc3ccccc3)c2c1. The fraction of sp³-hybridized carbons (Fsp3) is 0.0870. The zero-order chi connectivity index (χ0) is 33.0. The summed E-state index contributed by atoms with van der Waals surface area (Å²) in [6, 6.07) is 56.8. The number of ether oxygens (including phenoxy) is 3. The molecule has 0 spiro atoms. The first-order valence-corrected chi connectivity index (χ1v) is 16.7. The smallest absolute Gasteiger partial charge is 0.135 e. The van der Waals surface area contributed by atoms with E-state index in [1.165, 1.54) is 5.56 Å². The van der Waals surface area contributed by atoms with Crippen molar-refractivity contribution in [2.45, 2.75) is 26.7 Å². The topological polar surface area (TPSA) is 27.7 Å². The van der Waals surface area contributed by atoms with Crippen LogP contribution in [-0.2, 0) is 19.8 Å². The molecule has 0 aromatic heterocycles. The Hall–Kier alpha value is -6.06. The molecule has 49 heavy (non-hydrogen) atoms. The highest BCUT2D eigenvalue weighted by molar-refractivity contribution is 6.19. The Labute approximate surface area is 287 Å². The molecule has 0 heterocycles. The zero-order valence-corrected chi connectivity index (χ0v) is 27.4. The lowest BCUT2D eigenvalue weighted by molar-refractivity contribution is 0.304. The lowest BCUT2D eigenvalue weighted by Gasteiger charge is -2.22. The molecule has 8 aromatic carbocycles. The zero-order valence-electron chi connectivity index (χ0n) is 27.4. The summed E-state index contributed by atoms with van der Waals surface area (Å²) in [6.07, 6.45) is 0. The average molecular weight is 637 g/mol. The van der Waals surface area contributed by atoms with Crippen LogP contribution in [0.25, 0.3) is 43.4 Å². The van der Waals surface area contributed by atoms with Crippen LogP contribution in [0.3, 0.4) is 0 Å². The monoisotopic (exact) mass is 636 g/mol. The first kappa shape index (κ1) is 30.3. The van der Waals surface area contributed by atoms with Crippen LogP contribution in [0, 0.1) is 6.92 Å². The molecule has 8 rings (SSSR count). The van der Waals surface area contributed by atoms with Gasteiger partial charge in [0, 0.05) is 32.7 Å². The molecule has 0 fully saturated rings. The Morgan fingerprint density at radius 3 is 1.41 bits per heavy atom. The van der Waals surface area contributed by atoms with E-state index >= 15 is 0 Å². The van der Waals surface area contributed by atoms with E-state index in [0.29, 0.717) is 19.8 Å². The van der Waals surface area contributed by atoms with Crippen molar-refractivity contribution in [2.24, 2.45) is 0 Å². The quantitative estimate of drug-likeness (QED) is 0.140. The Bertz CT molecular complexity index is 2380. The number of aryl methyl sites for hydroxylation is 1. The second-order valence-corrected chi connectivity index (χ2v) is 12.4. The van der Waals surface area contributed by atoms with E-state index in [1.54, 1.807) is 0 Å². The summed E-state index contributed by atoms with van der Waals surface area (Å²) in [5.41, 5.74) is 6.60. The van der Waals surface area contributed by atoms with Gasteiger partial charge < -0.3 is 14.2 Å². The third-order valence-electron chi connectivity index (χ3n) is 9.05. The van der Waals surface area contributed by atoms with Crippen LogP contribution >= 0.6 is 0 Å². The molecular weight excluding hydrogens is 601 g/mol. The number of hydrogen-bond donors (Lipinski definition) is 0. The summed E-state index contributed by atoms with van der Waals surface area (Å²) in [5, 5.41) is 6.33. The maximum Gasteiger partial charge on any atom is 0.135 e. The van der Waals surface area contributed by atoms with Gasteiger partial charge in [0.05, 0.1) is 0 Å². The van der Waals surface area contributed by atoms with Crippen molar-refractivity contribution >= 4 is 32.3 Å². The van der Waals surface area contributed by atoms with E-state index in [4.69, 9.17) is 14.2 Å². The Morgan fingerprint density at radius 1 is 0.367 bits per heavy atom. The molecule has 0 amide bonds. The van der Waals surface area contributed by atoms with E-state index in [2.05, 4.69) is 140 Å². The maximum atomic E-state index is 6.88. The van der Waals surface area contributed by atoms with Crippen molar-refractivity contribution in [3.63, 3.8) is 0 Å².